The van der Waals surface area contributed by atoms with Gasteiger partial charge in [0.25, 0.3) is 0 Å². The van der Waals surface area contributed by atoms with E-state index in [1.165, 1.54) is 25.7 Å². The van der Waals surface area contributed by atoms with E-state index in [9.17, 15) is 4.79 Å². The van der Waals surface area contributed by atoms with Crippen LogP contribution in [0.15, 0.2) is 60.9 Å². The number of amides is 1. The molecule has 2 aliphatic heterocycles. The molecule has 10 nitrogen and oxygen atoms in total. The van der Waals surface area contributed by atoms with Crippen molar-refractivity contribution < 1.29 is 14.3 Å². The summed E-state index contributed by atoms with van der Waals surface area (Å²) in [6.07, 6.45) is 8.27. The lowest BCUT2D eigenvalue weighted by atomic mass is 9.66. The van der Waals surface area contributed by atoms with Gasteiger partial charge in [-0.15, -0.1) is 0 Å². The normalized spacial score (nSPS) is 19.5. The number of aromatic nitrogens is 4. The lowest BCUT2D eigenvalue weighted by Crippen LogP contribution is -2.63. The Bertz CT molecular complexity index is 1640. The van der Waals surface area contributed by atoms with E-state index in [0.717, 1.165) is 72.8 Å². The van der Waals surface area contributed by atoms with Gasteiger partial charge in [-0.1, -0.05) is 18.2 Å². The zero-order chi connectivity index (χ0) is 31.2. The highest BCUT2D eigenvalue weighted by Gasteiger charge is 2.43. The molecule has 45 heavy (non-hydrogen) atoms. The Morgan fingerprint density at radius 3 is 2.22 bits per heavy atom. The van der Waals surface area contributed by atoms with E-state index in [1.807, 2.05) is 80.3 Å². The average Bonchev–Trinajstić information content (AvgIpc) is 3.39. The van der Waals surface area contributed by atoms with Crippen LogP contribution in [-0.4, -0.2) is 73.5 Å². The molecule has 2 aromatic carbocycles. The second kappa shape index (κ2) is 11.6. The van der Waals surface area contributed by atoms with E-state index in [0.29, 0.717) is 17.3 Å². The van der Waals surface area contributed by atoms with Crippen molar-refractivity contribution in [1.29, 1.82) is 0 Å². The highest BCUT2D eigenvalue weighted by atomic mass is 16.6. The molecule has 2 aromatic heterocycles. The molecule has 1 aliphatic carbocycles. The van der Waals surface area contributed by atoms with Gasteiger partial charge in [0.2, 0.25) is 0 Å². The maximum absolute atomic E-state index is 12.4. The van der Waals surface area contributed by atoms with Crippen molar-refractivity contribution in [3.05, 3.63) is 60.9 Å². The van der Waals surface area contributed by atoms with Crippen LogP contribution in [0.4, 0.5) is 10.6 Å². The molecule has 2 N–H and O–H groups in total. The van der Waals surface area contributed by atoms with Crippen LogP contribution in [0.25, 0.3) is 22.3 Å². The minimum atomic E-state index is -0.453. The number of nitrogen functional groups attached to an aromatic ring is 1. The first-order chi connectivity index (χ1) is 21.7. The SMILES string of the molecule is CC(C)(C)OC(=O)N1CC(N2CCC3(CCC(n4nc(-c5ccc(Oc6ccccc6)cc5)c5c(N)ncnc54)CC3)CC2)C1. The van der Waals surface area contributed by atoms with Crippen molar-refractivity contribution >= 4 is 22.9 Å². The Labute approximate surface area is 264 Å². The van der Waals surface area contributed by atoms with Crippen molar-refractivity contribution in [2.45, 2.75) is 77.0 Å². The third kappa shape index (κ3) is 6.08. The van der Waals surface area contributed by atoms with E-state index in [1.54, 1.807) is 6.33 Å². The summed E-state index contributed by atoms with van der Waals surface area (Å²) < 4.78 is 13.6. The van der Waals surface area contributed by atoms with Crippen LogP contribution in [0, 0.1) is 5.41 Å². The first-order valence-electron chi connectivity index (χ1n) is 16.2. The number of carbonyl (C=O) groups is 1. The maximum Gasteiger partial charge on any atom is 0.410 e. The number of likely N-dealkylation sites (tertiary alicyclic amines) is 2. The predicted molar refractivity (Wildman–Crippen MR) is 174 cm³/mol. The first kappa shape index (κ1) is 29.5. The number of anilines is 1. The van der Waals surface area contributed by atoms with Crippen LogP contribution in [0.5, 0.6) is 11.5 Å². The Balaban J connectivity index is 0.995. The van der Waals surface area contributed by atoms with Gasteiger partial charge in [-0.05, 0) is 114 Å². The number of para-hydroxylation sites is 1. The largest absolute Gasteiger partial charge is 0.457 e. The molecule has 1 amide bonds. The number of fused-ring (bicyclic) bond motifs is 1. The Morgan fingerprint density at radius 1 is 0.889 bits per heavy atom. The predicted octanol–water partition coefficient (Wildman–Crippen LogP) is 6.68. The fourth-order valence-electron chi connectivity index (χ4n) is 7.24. The second-order valence-electron chi connectivity index (χ2n) is 14.0. The minimum absolute atomic E-state index is 0.194. The average molecular weight is 610 g/mol. The zero-order valence-corrected chi connectivity index (χ0v) is 26.5. The number of carbonyl (C=O) groups excluding carboxylic acids is 1. The van der Waals surface area contributed by atoms with Crippen LogP contribution in [0.2, 0.25) is 0 Å². The summed E-state index contributed by atoms with van der Waals surface area (Å²) in [5.41, 5.74) is 8.93. The Hall–Kier alpha value is -4.18. The van der Waals surface area contributed by atoms with E-state index in [2.05, 4.69) is 19.5 Å². The van der Waals surface area contributed by atoms with Crippen molar-refractivity contribution in [3.8, 4) is 22.8 Å². The van der Waals surface area contributed by atoms with Crippen molar-refractivity contribution in [2.75, 3.05) is 31.9 Å². The van der Waals surface area contributed by atoms with Gasteiger partial charge in [-0.2, -0.15) is 5.10 Å². The zero-order valence-electron chi connectivity index (χ0n) is 26.5. The van der Waals surface area contributed by atoms with Crippen LogP contribution < -0.4 is 10.5 Å². The summed E-state index contributed by atoms with van der Waals surface area (Å²) in [4.78, 5) is 25.8. The number of piperidine rings is 1. The number of ether oxygens (including phenoxy) is 2. The molecule has 3 fully saturated rings. The second-order valence-corrected chi connectivity index (χ2v) is 14.0. The van der Waals surface area contributed by atoms with Gasteiger partial charge in [0, 0.05) is 24.7 Å². The van der Waals surface area contributed by atoms with Crippen molar-refractivity contribution in [3.63, 3.8) is 0 Å². The lowest BCUT2D eigenvalue weighted by Gasteiger charge is -2.51. The molecule has 0 unspecified atom stereocenters. The van der Waals surface area contributed by atoms with Gasteiger partial charge < -0.3 is 20.1 Å². The molecule has 0 atom stereocenters. The van der Waals surface area contributed by atoms with Crippen molar-refractivity contribution in [2.24, 2.45) is 5.41 Å². The summed E-state index contributed by atoms with van der Waals surface area (Å²) in [6.45, 7) is 9.48. The third-order valence-electron chi connectivity index (χ3n) is 9.88. The van der Waals surface area contributed by atoms with Gasteiger partial charge >= 0.3 is 6.09 Å². The highest BCUT2D eigenvalue weighted by molar-refractivity contribution is 5.98. The molecule has 236 valence electrons. The summed E-state index contributed by atoms with van der Waals surface area (Å²) in [5.74, 6) is 2.01. The molecule has 3 aliphatic rings. The molecule has 1 saturated carbocycles. The monoisotopic (exact) mass is 609 g/mol. The Morgan fingerprint density at radius 2 is 1.56 bits per heavy atom. The third-order valence-corrected chi connectivity index (χ3v) is 9.88. The molecule has 4 heterocycles. The molecular formula is C35H43N7O3. The molecule has 0 bridgehead atoms. The standard InChI is InChI=1S/C35H43N7O3/c1-34(2,3)45-33(43)41-21-26(22-41)40-19-17-35(18-20-40)15-13-25(14-16-35)42-32-29(31(36)37-23-38-32)30(39-42)24-9-11-28(12-10-24)44-27-7-5-4-6-8-27/h4-12,23,25-26H,13-22H2,1-3H3,(H2,36,37,38). The van der Waals surface area contributed by atoms with Gasteiger partial charge in [0.05, 0.1) is 11.4 Å². The molecule has 10 heteroatoms. The molecular weight excluding hydrogens is 566 g/mol. The summed E-state index contributed by atoms with van der Waals surface area (Å²) in [7, 11) is 0. The number of hydrogen-bond donors (Lipinski definition) is 1. The number of benzene rings is 2. The molecule has 7 rings (SSSR count). The van der Waals surface area contributed by atoms with Crippen LogP contribution in [-0.2, 0) is 4.74 Å². The smallest absolute Gasteiger partial charge is 0.410 e. The van der Waals surface area contributed by atoms with Gasteiger partial charge in [-0.3, -0.25) is 4.90 Å². The number of nitrogens with two attached hydrogens (primary N) is 1. The number of nitrogens with zero attached hydrogens (tertiary/aromatic N) is 6. The van der Waals surface area contributed by atoms with E-state index < -0.39 is 5.60 Å². The summed E-state index contributed by atoms with van der Waals surface area (Å²) in [5, 5.41) is 5.94. The molecule has 0 radical (unpaired) electrons. The van der Waals surface area contributed by atoms with Gasteiger partial charge in [0.15, 0.2) is 5.65 Å². The fraction of sp³-hybridized carbons (Fsp3) is 0.486. The van der Waals surface area contributed by atoms with Crippen molar-refractivity contribution in [1.82, 2.24) is 29.5 Å². The van der Waals surface area contributed by atoms with Crippen LogP contribution >= 0.6 is 0 Å². The van der Waals surface area contributed by atoms with E-state index >= 15 is 0 Å². The number of hydrogen-bond acceptors (Lipinski definition) is 8. The molecule has 1 spiro atoms. The quantitative estimate of drug-likeness (QED) is 0.267. The van der Waals surface area contributed by atoms with E-state index in [-0.39, 0.29) is 12.1 Å². The molecule has 2 saturated heterocycles. The minimum Gasteiger partial charge on any atom is -0.457 e. The fourth-order valence-corrected chi connectivity index (χ4v) is 7.24. The lowest BCUT2D eigenvalue weighted by molar-refractivity contribution is -0.0352. The van der Waals surface area contributed by atoms with Gasteiger partial charge in [0.1, 0.15) is 34.9 Å². The van der Waals surface area contributed by atoms with E-state index in [4.69, 9.17) is 20.3 Å². The van der Waals surface area contributed by atoms with Crippen LogP contribution in [0.3, 0.4) is 0 Å². The topological polar surface area (TPSA) is 112 Å². The van der Waals surface area contributed by atoms with Crippen LogP contribution in [0.1, 0.15) is 65.3 Å². The number of rotatable bonds is 5. The summed E-state index contributed by atoms with van der Waals surface area (Å²) in [6, 6.07) is 18.5. The summed E-state index contributed by atoms with van der Waals surface area (Å²) >= 11 is 0. The molecule has 4 aromatic rings. The first-order valence-corrected chi connectivity index (χ1v) is 16.2. The highest BCUT2D eigenvalue weighted by Crippen LogP contribution is 2.49. The van der Waals surface area contributed by atoms with Gasteiger partial charge in [-0.25, -0.2) is 19.4 Å². The Kier molecular flexibility index (Phi) is 7.63. The maximum atomic E-state index is 12.4.